The number of carbonyl (C=O) groups is 2. The van der Waals surface area contributed by atoms with Gasteiger partial charge in [0.2, 0.25) is 0 Å². The number of nitrogens with one attached hydrogen (secondary N) is 3. The average molecular weight is 317 g/mol. The van der Waals surface area contributed by atoms with Crippen molar-refractivity contribution in [2.24, 2.45) is 0 Å². The monoisotopic (exact) mass is 316 g/mol. The second-order valence-electron chi connectivity index (χ2n) is 5.21. The number of hydrogen-bond acceptors (Lipinski definition) is 2. The highest BCUT2D eigenvalue weighted by Crippen LogP contribution is 2.18. The van der Waals surface area contributed by atoms with Crippen LogP contribution in [0.25, 0.3) is 0 Å². The summed E-state index contributed by atoms with van der Waals surface area (Å²) in [7, 11) is 1.72. The van der Waals surface area contributed by atoms with Crippen LogP contribution in [0.2, 0.25) is 5.02 Å². The number of anilines is 1. The third-order valence-corrected chi connectivity index (χ3v) is 2.81. The van der Waals surface area contributed by atoms with Gasteiger partial charge < -0.3 is 15.5 Å². The Morgan fingerprint density at radius 3 is 2.48 bits per heavy atom. The number of quaternary nitrogens is 1. The molecule has 0 saturated carbocycles. The van der Waals surface area contributed by atoms with Crippen molar-refractivity contribution < 1.29 is 18.9 Å². The molecule has 1 atom stereocenters. The van der Waals surface area contributed by atoms with E-state index in [2.05, 4.69) is 10.6 Å². The van der Waals surface area contributed by atoms with E-state index in [1.165, 1.54) is 12.1 Å². The number of rotatable bonds is 6. The lowest BCUT2D eigenvalue weighted by Gasteiger charge is -2.15. The summed E-state index contributed by atoms with van der Waals surface area (Å²) < 4.78 is 13.5. The lowest BCUT2D eigenvalue weighted by atomic mass is 10.3. The van der Waals surface area contributed by atoms with Crippen molar-refractivity contribution in [2.45, 2.75) is 19.9 Å². The number of amides is 2. The lowest BCUT2D eigenvalue weighted by molar-refractivity contribution is -0.862. The van der Waals surface area contributed by atoms with E-state index < -0.39 is 5.82 Å². The molecule has 0 aromatic heterocycles. The van der Waals surface area contributed by atoms with E-state index in [-0.39, 0.29) is 41.7 Å². The minimum Gasteiger partial charge on any atom is -0.349 e. The molecule has 0 bridgehead atoms. The molecule has 1 aromatic carbocycles. The van der Waals surface area contributed by atoms with Crippen LogP contribution >= 0.6 is 11.6 Å². The molecular weight excluding hydrogens is 297 g/mol. The van der Waals surface area contributed by atoms with Crippen molar-refractivity contribution in [1.29, 1.82) is 0 Å². The van der Waals surface area contributed by atoms with Crippen molar-refractivity contribution >= 4 is 29.1 Å². The van der Waals surface area contributed by atoms with Gasteiger partial charge in [0.15, 0.2) is 13.1 Å². The summed E-state index contributed by atoms with van der Waals surface area (Å²) in [5, 5.41) is 5.47. The fourth-order valence-corrected chi connectivity index (χ4v) is 1.93. The summed E-state index contributed by atoms with van der Waals surface area (Å²) in [4.78, 5) is 24.1. The van der Waals surface area contributed by atoms with Crippen molar-refractivity contribution in [3.05, 3.63) is 29.0 Å². The van der Waals surface area contributed by atoms with Crippen LogP contribution in [0, 0.1) is 5.82 Å². The first kappa shape index (κ1) is 17.4. The highest BCUT2D eigenvalue weighted by molar-refractivity contribution is 6.30. The molecule has 0 saturated heterocycles. The second-order valence-corrected chi connectivity index (χ2v) is 5.64. The molecule has 0 aliphatic carbocycles. The molecular formula is C14H20ClFN3O2+. The molecule has 7 heteroatoms. The van der Waals surface area contributed by atoms with Crippen LogP contribution in [-0.4, -0.2) is 38.0 Å². The van der Waals surface area contributed by atoms with E-state index >= 15 is 0 Å². The Labute approximate surface area is 128 Å². The second kappa shape index (κ2) is 7.95. The number of hydrogen-bond donors (Lipinski definition) is 3. The molecule has 0 aliphatic rings. The average Bonchev–Trinajstić information content (AvgIpc) is 2.31. The minimum absolute atomic E-state index is 0.0577. The van der Waals surface area contributed by atoms with Crippen LogP contribution < -0.4 is 15.5 Å². The Hall–Kier alpha value is -1.66. The van der Waals surface area contributed by atoms with Gasteiger partial charge in [-0.3, -0.25) is 9.59 Å². The maximum atomic E-state index is 13.5. The van der Waals surface area contributed by atoms with Crippen LogP contribution in [0.4, 0.5) is 10.1 Å². The first-order valence-corrected chi connectivity index (χ1v) is 7.01. The number of benzene rings is 1. The fourth-order valence-electron chi connectivity index (χ4n) is 1.77. The molecule has 5 nitrogen and oxygen atoms in total. The molecule has 0 spiro atoms. The van der Waals surface area contributed by atoms with Gasteiger partial charge >= 0.3 is 0 Å². The molecule has 1 unspecified atom stereocenters. The summed E-state index contributed by atoms with van der Waals surface area (Å²) in [5.41, 5.74) is 0.0730. The normalized spacial score (nSPS) is 12.1. The molecule has 0 radical (unpaired) electrons. The Morgan fingerprint density at radius 2 is 1.90 bits per heavy atom. The first-order valence-electron chi connectivity index (χ1n) is 6.63. The molecule has 21 heavy (non-hydrogen) atoms. The largest absolute Gasteiger partial charge is 0.349 e. The zero-order chi connectivity index (χ0) is 16.0. The quantitative estimate of drug-likeness (QED) is 0.714. The molecule has 0 heterocycles. The van der Waals surface area contributed by atoms with Crippen molar-refractivity contribution in [1.82, 2.24) is 5.32 Å². The molecule has 1 rings (SSSR count). The Kier molecular flexibility index (Phi) is 6.58. The van der Waals surface area contributed by atoms with E-state index in [1.807, 2.05) is 13.8 Å². The summed E-state index contributed by atoms with van der Waals surface area (Å²) in [5.74, 6) is -1.09. The van der Waals surface area contributed by atoms with Gasteiger partial charge in [-0.2, -0.15) is 0 Å². The predicted octanol–water partition coefficient (Wildman–Crippen LogP) is 0.457. The van der Waals surface area contributed by atoms with E-state index in [0.717, 1.165) is 6.07 Å². The molecule has 116 valence electrons. The minimum atomic E-state index is -0.592. The maximum Gasteiger partial charge on any atom is 0.279 e. The Morgan fingerprint density at radius 1 is 1.29 bits per heavy atom. The first-order chi connectivity index (χ1) is 9.77. The van der Waals surface area contributed by atoms with Crippen LogP contribution in [0.15, 0.2) is 18.2 Å². The maximum absolute atomic E-state index is 13.5. The topological polar surface area (TPSA) is 62.6 Å². The zero-order valence-electron chi connectivity index (χ0n) is 12.3. The third kappa shape index (κ3) is 6.55. The lowest BCUT2D eigenvalue weighted by Crippen LogP contribution is -3.11. The Bertz CT molecular complexity index is 523. The van der Waals surface area contributed by atoms with Crippen molar-refractivity contribution in [2.75, 3.05) is 25.5 Å². The van der Waals surface area contributed by atoms with Gasteiger partial charge in [-0.15, -0.1) is 0 Å². The van der Waals surface area contributed by atoms with Crippen LogP contribution in [0.5, 0.6) is 0 Å². The third-order valence-electron chi connectivity index (χ3n) is 2.58. The summed E-state index contributed by atoms with van der Waals surface area (Å²) >= 11 is 5.64. The summed E-state index contributed by atoms with van der Waals surface area (Å²) in [6.07, 6.45) is 0. The van der Waals surface area contributed by atoms with Gasteiger partial charge in [-0.1, -0.05) is 11.6 Å². The number of halogens is 2. The van der Waals surface area contributed by atoms with Crippen LogP contribution in [0.3, 0.4) is 0 Å². The summed E-state index contributed by atoms with van der Waals surface area (Å²) in [6, 6.07) is 4.08. The number of likely N-dealkylation sites (N-methyl/N-ethyl adjacent to an activating group) is 1. The zero-order valence-corrected chi connectivity index (χ0v) is 13.1. The Balaban J connectivity index is 2.47. The highest BCUT2D eigenvalue weighted by atomic mass is 35.5. The van der Waals surface area contributed by atoms with Gasteiger partial charge in [-0.05, 0) is 32.0 Å². The van der Waals surface area contributed by atoms with Gasteiger partial charge in [0.1, 0.15) is 5.82 Å². The van der Waals surface area contributed by atoms with E-state index in [0.29, 0.717) is 4.90 Å². The molecule has 3 N–H and O–H groups in total. The van der Waals surface area contributed by atoms with Crippen molar-refractivity contribution in [3.63, 3.8) is 0 Å². The summed E-state index contributed by atoms with van der Waals surface area (Å²) in [6.45, 7) is 3.97. The number of carbonyl (C=O) groups excluding carboxylic acids is 2. The SMILES string of the molecule is CC(C)NC(=O)C[NH+](C)CC(=O)Nc1ccc(Cl)cc1F. The smallest absolute Gasteiger partial charge is 0.279 e. The molecule has 1 aromatic rings. The van der Waals surface area contributed by atoms with E-state index in [4.69, 9.17) is 11.6 Å². The molecule has 0 aliphatic heterocycles. The highest BCUT2D eigenvalue weighted by Gasteiger charge is 2.15. The fraction of sp³-hybridized carbons (Fsp3) is 0.429. The standard InChI is InChI=1S/C14H19ClFN3O2/c1-9(2)17-13(20)7-19(3)8-14(21)18-12-5-4-10(15)6-11(12)16/h4-6,9H,7-8H2,1-3H3,(H,17,20)(H,18,21)/p+1. The van der Waals surface area contributed by atoms with Gasteiger partial charge in [0.25, 0.3) is 11.8 Å². The van der Waals surface area contributed by atoms with Gasteiger partial charge in [0, 0.05) is 11.1 Å². The van der Waals surface area contributed by atoms with Gasteiger partial charge in [-0.25, -0.2) is 4.39 Å². The van der Waals surface area contributed by atoms with E-state index in [9.17, 15) is 14.0 Å². The van der Waals surface area contributed by atoms with Crippen LogP contribution in [0.1, 0.15) is 13.8 Å². The molecule has 2 amide bonds. The predicted molar refractivity (Wildman–Crippen MR) is 79.9 cm³/mol. The van der Waals surface area contributed by atoms with Crippen LogP contribution in [-0.2, 0) is 9.59 Å². The van der Waals surface area contributed by atoms with Gasteiger partial charge in [0.05, 0.1) is 12.7 Å². The molecule has 0 fully saturated rings. The van der Waals surface area contributed by atoms with E-state index in [1.54, 1.807) is 7.05 Å². The van der Waals surface area contributed by atoms with Crippen molar-refractivity contribution in [3.8, 4) is 0 Å².